The fourth-order valence-corrected chi connectivity index (χ4v) is 5.24. The third-order valence-corrected chi connectivity index (χ3v) is 7.58. The third kappa shape index (κ3) is 5.28. The number of carbonyl (C=O) groups is 1. The van der Waals surface area contributed by atoms with E-state index in [1.807, 2.05) is 0 Å². The predicted octanol–water partition coefficient (Wildman–Crippen LogP) is 4.93. The van der Waals surface area contributed by atoms with Crippen LogP contribution in [0.25, 0.3) is 0 Å². The maximum absolute atomic E-state index is 15.4. The van der Waals surface area contributed by atoms with Gasteiger partial charge in [0.25, 0.3) is 5.91 Å². The zero-order valence-electron chi connectivity index (χ0n) is 16.7. The number of hydrogen-bond donors (Lipinski definition) is 1. The van der Waals surface area contributed by atoms with E-state index in [-0.39, 0.29) is 18.4 Å². The molecule has 0 saturated heterocycles. The van der Waals surface area contributed by atoms with Crippen molar-refractivity contribution in [2.75, 3.05) is 0 Å². The van der Waals surface area contributed by atoms with Crippen molar-refractivity contribution in [1.82, 2.24) is 10.3 Å². The third-order valence-electron chi connectivity index (χ3n) is 5.33. The number of benzene rings is 1. The lowest BCUT2D eigenvalue weighted by Crippen LogP contribution is -2.45. The van der Waals surface area contributed by atoms with Crippen molar-refractivity contribution in [2.45, 2.75) is 54.0 Å². The summed E-state index contributed by atoms with van der Waals surface area (Å²) in [5.74, 6) is -0.875. The monoisotopic (exact) mass is 498 g/mol. The van der Waals surface area contributed by atoms with E-state index in [1.54, 1.807) is 0 Å². The Bertz CT molecular complexity index is 1140. The lowest BCUT2D eigenvalue weighted by atomic mass is 9.93. The van der Waals surface area contributed by atoms with Gasteiger partial charge >= 0.3 is 12.4 Å². The smallest absolute Gasteiger partial charge is 0.349 e. The first-order chi connectivity index (χ1) is 15.1. The van der Waals surface area contributed by atoms with E-state index >= 15 is 4.39 Å². The van der Waals surface area contributed by atoms with Crippen LogP contribution in [0.15, 0.2) is 47.5 Å². The zero-order chi connectivity index (χ0) is 24.7. The van der Waals surface area contributed by atoms with Gasteiger partial charge in [0, 0.05) is 17.8 Å². The zero-order valence-corrected chi connectivity index (χ0v) is 17.5. The van der Waals surface area contributed by atoms with Crippen LogP contribution < -0.4 is 5.32 Å². The molecule has 33 heavy (non-hydrogen) atoms. The van der Waals surface area contributed by atoms with E-state index in [1.165, 1.54) is 0 Å². The van der Waals surface area contributed by atoms with Crippen LogP contribution in [0.4, 0.5) is 30.7 Å². The van der Waals surface area contributed by atoms with Crippen molar-refractivity contribution in [2.24, 2.45) is 0 Å². The van der Waals surface area contributed by atoms with Gasteiger partial charge in [-0.15, -0.1) is 0 Å². The average Bonchev–Trinajstić information content (AvgIpc) is 2.74. The molecule has 1 N–H and O–H groups in total. The number of sulfone groups is 1. The summed E-state index contributed by atoms with van der Waals surface area (Å²) in [7, 11) is -4.78. The molecule has 1 heterocycles. The molecule has 0 unspecified atom stereocenters. The van der Waals surface area contributed by atoms with E-state index in [0.717, 1.165) is 24.4 Å². The first kappa shape index (κ1) is 24.9. The number of amides is 1. The number of pyridine rings is 1. The number of rotatable bonds is 4. The Morgan fingerprint density at radius 3 is 2.21 bits per heavy atom. The maximum atomic E-state index is 15.4. The van der Waals surface area contributed by atoms with Gasteiger partial charge < -0.3 is 5.32 Å². The van der Waals surface area contributed by atoms with Gasteiger partial charge in [-0.25, -0.2) is 12.8 Å². The standard InChI is InChI=1S/C20H17F7N2O3S/c21-18(33(31,32)15-3-1-2-13(11-15)19(22,23)24)7-4-14(5-8-18)29-17(30)12-6-9-28-16(10-12)20(25,26)27/h1-3,6,9-11,14H,4-5,7-8H2,(H,29,30). The molecule has 1 aliphatic rings. The highest BCUT2D eigenvalue weighted by molar-refractivity contribution is 7.92. The Balaban J connectivity index is 1.70. The van der Waals surface area contributed by atoms with Crippen molar-refractivity contribution in [1.29, 1.82) is 0 Å². The Labute approximate surface area is 183 Å². The molecule has 0 bridgehead atoms. The van der Waals surface area contributed by atoms with Gasteiger partial charge in [0.15, 0.2) is 0 Å². The van der Waals surface area contributed by atoms with Gasteiger partial charge in [-0.3, -0.25) is 9.78 Å². The molecule has 0 aliphatic heterocycles. The highest BCUT2D eigenvalue weighted by atomic mass is 32.2. The van der Waals surface area contributed by atoms with Crippen molar-refractivity contribution >= 4 is 15.7 Å². The molecule has 0 spiro atoms. The summed E-state index contributed by atoms with van der Waals surface area (Å²) in [5.41, 5.74) is -2.83. The molecule has 5 nitrogen and oxygen atoms in total. The average molecular weight is 498 g/mol. The first-order valence-electron chi connectivity index (χ1n) is 9.58. The first-order valence-corrected chi connectivity index (χ1v) is 11.1. The number of hydrogen-bond acceptors (Lipinski definition) is 4. The molecule has 1 amide bonds. The minimum atomic E-state index is -4.81. The minimum Gasteiger partial charge on any atom is -0.349 e. The Morgan fingerprint density at radius 1 is 1.00 bits per heavy atom. The van der Waals surface area contributed by atoms with Gasteiger partial charge in [-0.05, 0) is 56.0 Å². The fraction of sp³-hybridized carbons (Fsp3) is 0.400. The topological polar surface area (TPSA) is 76.1 Å². The normalized spacial score (nSPS) is 22.1. The van der Waals surface area contributed by atoms with Crippen LogP contribution in [-0.4, -0.2) is 30.4 Å². The van der Waals surface area contributed by atoms with E-state index in [4.69, 9.17) is 0 Å². The highest BCUT2D eigenvalue weighted by Gasteiger charge is 2.48. The lowest BCUT2D eigenvalue weighted by Gasteiger charge is -2.34. The van der Waals surface area contributed by atoms with E-state index in [2.05, 4.69) is 10.3 Å². The number of nitrogens with one attached hydrogen (secondary N) is 1. The molecule has 0 radical (unpaired) electrons. The molecule has 2 aromatic rings. The molecule has 13 heteroatoms. The van der Waals surface area contributed by atoms with Gasteiger partial charge in [-0.1, -0.05) is 6.07 Å². The fourth-order valence-electron chi connectivity index (χ4n) is 3.51. The molecular weight excluding hydrogens is 481 g/mol. The van der Waals surface area contributed by atoms with E-state index in [9.17, 15) is 39.6 Å². The summed E-state index contributed by atoms with van der Waals surface area (Å²) in [6.07, 6.45) is -10.3. The van der Waals surface area contributed by atoms with Gasteiger partial charge in [0.1, 0.15) is 5.69 Å². The van der Waals surface area contributed by atoms with Crippen molar-refractivity contribution < 1.29 is 43.9 Å². The molecule has 180 valence electrons. The Morgan fingerprint density at radius 2 is 1.64 bits per heavy atom. The summed E-state index contributed by atoms with van der Waals surface area (Å²) < 4.78 is 118. The van der Waals surface area contributed by atoms with Crippen LogP contribution in [-0.2, 0) is 22.2 Å². The maximum Gasteiger partial charge on any atom is 0.433 e. The lowest BCUT2D eigenvalue weighted by molar-refractivity contribution is -0.141. The van der Waals surface area contributed by atoms with Gasteiger partial charge in [0.2, 0.25) is 14.8 Å². The number of nitrogens with zero attached hydrogens (tertiary/aromatic N) is 1. The van der Waals surface area contributed by atoms with Crippen molar-refractivity contribution in [3.05, 3.63) is 59.4 Å². The van der Waals surface area contributed by atoms with Crippen LogP contribution in [0.3, 0.4) is 0 Å². The van der Waals surface area contributed by atoms with Crippen LogP contribution >= 0.6 is 0 Å². The van der Waals surface area contributed by atoms with Crippen molar-refractivity contribution in [3.63, 3.8) is 0 Å². The summed E-state index contributed by atoms with van der Waals surface area (Å²) in [4.78, 5) is 14.6. The highest BCUT2D eigenvalue weighted by Crippen LogP contribution is 2.41. The Kier molecular flexibility index (Phi) is 6.48. The summed E-state index contributed by atoms with van der Waals surface area (Å²) in [6.45, 7) is 0. The van der Waals surface area contributed by atoms with Crippen LogP contribution in [0.2, 0.25) is 0 Å². The molecule has 1 aromatic carbocycles. The number of alkyl halides is 7. The quantitative estimate of drug-likeness (QED) is 0.607. The molecule has 1 aromatic heterocycles. The second kappa shape index (κ2) is 8.58. The van der Waals surface area contributed by atoms with Crippen molar-refractivity contribution in [3.8, 4) is 0 Å². The van der Waals surface area contributed by atoms with Crippen LogP contribution in [0.5, 0.6) is 0 Å². The number of halogens is 7. The predicted molar refractivity (Wildman–Crippen MR) is 101 cm³/mol. The van der Waals surface area contributed by atoms with Gasteiger partial charge in [-0.2, -0.15) is 26.3 Å². The van der Waals surface area contributed by atoms with Crippen LogP contribution in [0.1, 0.15) is 47.3 Å². The number of carbonyl (C=O) groups excluding carboxylic acids is 1. The largest absolute Gasteiger partial charge is 0.433 e. The molecular formula is C20H17F7N2O3S. The summed E-state index contributed by atoms with van der Waals surface area (Å²) >= 11 is 0. The number of aromatic nitrogens is 1. The minimum absolute atomic E-state index is 0.183. The van der Waals surface area contributed by atoms with Crippen LogP contribution in [0, 0.1) is 0 Å². The molecule has 1 saturated carbocycles. The second-order valence-electron chi connectivity index (χ2n) is 7.59. The Hall–Kier alpha value is -2.70. The summed E-state index contributed by atoms with van der Waals surface area (Å²) in [5, 5.41) is -0.421. The van der Waals surface area contributed by atoms with E-state index in [0.29, 0.717) is 18.2 Å². The summed E-state index contributed by atoms with van der Waals surface area (Å²) in [6, 6.07) is 3.66. The molecule has 1 aliphatic carbocycles. The van der Waals surface area contributed by atoms with Gasteiger partial charge in [0.05, 0.1) is 10.5 Å². The molecule has 0 atom stereocenters. The molecule has 1 fully saturated rings. The second-order valence-corrected chi connectivity index (χ2v) is 9.80. The SMILES string of the molecule is O=C(NC1CCC(F)(S(=O)(=O)c2cccc(C(F)(F)F)c2)CC1)c1ccnc(C(F)(F)F)c1. The van der Waals surface area contributed by atoms with E-state index < -0.39 is 68.1 Å². The molecule has 3 rings (SSSR count).